The van der Waals surface area contributed by atoms with E-state index < -0.39 is 12.8 Å². The molecule has 0 aromatic heterocycles. The predicted octanol–water partition coefficient (Wildman–Crippen LogP) is 7.13. The smallest absolute Gasteiger partial charge is 0.185 e. The molecular weight excluding hydrogens is 578 g/mol. The van der Waals surface area contributed by atoms with Crippen LogP contribution in [0.4, 0.5) is 0 Å². The summed E-state index contributed by atoms with van der Waals surface area (Å²) < 4.78 is 17.8. The number of nitrogens with zero attached hydrogens (tertiary/aromatic N) is 2. The summed E-state index contributed by atoms with van der Waals surface area (Å²) in [5, 5.41) is 18.8. The second-order valence-corrected chi connectivity index (χ2v) is 17.6. The van der Waals surface area contributed by atoms with Crippen LogP contribution < -0.4 is 9.05 Å². The van der Waals surface area contributed by atoms with Gasteiger partial charge in [-0.05, 0) is 58.0 Å². The van der Waals surface area contributed by atoms with Gasteiger partial charge in [-0.25, -0.2) is 9.34 Å². The summed E-state index contributed by atoms with van der Waals surface area (Å²) in [6.07, 6.45) is -3.69. The standard InChI is InChI=1S/C30H42N2O4P2S2/c1-5-31(6-2)37(39,23-27-16-12-25(21-33)13-17-27)35-29-10-9-11-30(20-29)36-38(40,32(7-3)8-4)24-28-18-14-26(22-34)15-19-28/h9-20,33-34H,5-8,21-24H2,1-4H3. The Morgan fingerprint density at radius 2 is 0.900 bits per heavy atom. The molecule has 0 aliphatic rings. The minimum Gasteiger partial charge on any atom is -0.453 e. The number of rotatable bonds is 16. The van der Waals surface area contributed by atoms with Crippen molar-refractivity contribution in [3.8, 4) is 11.5 Å². The summed E-state index contributed by atoms with van der Waals surface area (Å²) in [5.41, 5.74) is 3.92. The maximum absolute atomic E-state index is 9.42. The van der Waals surface area contributed by atoms with Crippen LogP contribution in [0.3, 0.4) is 0 Å². The van der Waals surface area contributed by atoms with Crippen molar-refractivity contribution >= 4 is 36.4 Å². The molecule has 40 heavy (non-hydrogen) atoms. The van der Waals surface area contributed by atoms with E-state index in [1.807, 2.05) is 72.8 Å². The van der Waals surface area contributed by atoms with E-state index in [2.05, 4.69) is 37.0 Å². The Labute approximate surface area is 250 Å². The molecule has 3 aromatic carbocycles. The van der Waals surface area contributed by atoms with Gasteiger partial charge < -0.3 is 19.3 Å². The molecule has 0 heterocycles. The molecule has 3 aromatic rings. The number of benzene rings is 3. The monoisotopic (exact) mass is 620 g/mol. The Hall–Kier alpha value is -1.60. The van der Waals surface area contributed by atoms with Crippen LogP contribution >= 0.6 is 12.8 Å². The average molecular weight is 621 g/mol. The molecule has 0 bridgehead atoms. The van der Waals surface area contributed by atoms with Crippen LogP contribution in [0.25, 0.3) is 0 Å². The van der Waals surface area contributed by atoms with Crippen molar-refractivity contribution in [3.63, 3.8) is 0 Å². The number of hydrogen-bond donors (Lipinski definition) is 2. The lowest BCUT2D eigenvalue weighted by Crippen LogP contribution is -2.24. The Morgan fingerprint density at radius 1 is 0.575 bits per heavy atom. The average Bonchev–Trinajstić information content (AvgIpc) is 2.95. The van der Waals surface area contributed by atoms with E-state index in [-0.39, 0.29) is 13.2 Å². The highest BCUT2D eigenvalue weighted by atomic mass is 32.5. The predicted molar refractivity (Wildman–Crippen MR) is 174 cm³/mol. The Kier molecular flexibility index (Phi) is 12.8. The van der Waals surface area contributed by atoms with Gasteiger partial charge in [0.15, 0.2) is 12.8 Å². The van der Waals surface area contributed by atoms with Gasteiger partial charge >= 0.3 is 0 Å². The first-order valence-corrected chi connectivity index (χ1v) is 19.5. The zero-order chi connectivity index (χ0) is 29.2. The van der Waals surface area contributed by atoms with Gasteiger partial charge in [0.2, 0.25) is 0 Å². The van der Waals surface area contributed by atoms with Crippen molar-refractivity contribution in [2.75, 3.05) is 26.2 Å². The summed E-state index contributed by atoms with van der Waals surface area (Å²) in [6, 6.07) is 23.5. The van der Waals surface area contributed by atoms with Crippen molar-refractivity contribution in [1.29, 1.82) is 0 Å². The molecule has 2 N–H and O–H groups in total. The highest BCUT2D eigenvalue weighted by Crippen LogP contribution is 2.56. The van der Waals surface area contributed by atoms with Crippen LogP contribution in [0.5, 0.6) is 11.5 Å². The zero-order valence-corrected chi connectivity index (χ0v) is 27.3. The van der Waals surface area contributed by atoms with E-state index in [4.69, 9.17) is 32.7 Å². The molecule has 0 radical (unpaired) electrons. The van der Waals surface area contributed by atoms with Crippen molar-refractivity contribution in [1.82, 2.24) is 9.34 Å². The van der Waals surface area contributed by atoms with Crippen LogP contribution in [-0.2, 0) is 49.2 Å². The quantitative estimate of drug-likeness (QED) is 0.164. The fourth-order valence-corrected chi connectivity index (χ4v) is 12.1. The topological polar surface area (TPSA) is 65.4 Å². The van der Waals surface area contributed by atoms with E-state index in [1.165, 1.54) is 0 Å². The molecule has 10 heteroatoms. The molecule has 0 aliphatic heterocycles. The van der Waals surface area contributed by atoms with Crippen LogP contribution in [-0.4, -0.2) is 45.7 Å². The molecule has 0 aliphatic carbocycles. The third-order valence-electron chi connectivity index (χ3n) is 6.80. The van der Waals surface area contributed by atoms with E-state index in [1.54, 1.807) is 0 Å². The lowest BCUT2D eigenvalue weighted by molar-refractivity contribution is 0.281. The molecule has 3 rings (SSSR count). The maximum Gasteiger partial charge on any atom is 0.185 e. The van der Waals surface area contributed by atoms with E-state index >= 15 is 0 Å². The molecular formula is C30H42N2O4P2S2. The molecule has 0 fully saturated rings. The highest BCUT2D eigenvalue weighted by molar-refractivity contribution is 8.11. The summed E-state index contributed by atoms with van der Waals surface area (Å²) in [5.74, 6) is 1.35. The first-order valence-electron chi connectivity index (χ1n) is 13.8. The fraction of sp³-hybridized carbons (Fsp3) is 0.400. The summed E-state index contributed by atoms with van der Waals surface area (Å²) in [7, 11) is 0. The lowest BCUT2D eigenvalue weighted by Gasteiger charge is -2.35. The molecule has 2 unspecified atom stereocenters. The summed E-state index contributed by atoms with van der Waals surface area (Å²) in [4.78, 5) is 0. The number of aliphatic hydroxyl groups is 2. The number of aliphatic hydroxyl groups excluding tert-OH is 2. The van der Waals surface area contributed by atoms with Gasteiger partial charge in [0.25, 0.3) is 0 Å². The zero-order valence-electron chi connectivity index (χ0n) is 23.9. The molecule has 0 saturated heterocycles. The minimum atomic E-state index is -2.46. The van der Waals surface area contributed by atoms with E-state index in [0.29, 0.717) is 23.8 Å². The van der Waals surface area contributed by atoms with Crippen LogP contribution in [0, 0.1) is 0 Å². The van der Waals surface area contributed by atoms with Crippen LogP contribution in [0.15, 0.2) is 72.8 Å². The maximum atomic E-state index is 9.42. The van der Waals surface area contributed by atoms with Gasteiger partial charge in [0, 0.05) is 44.6 Å². The molecule has 0 spiro atoms. The van der Waals surface area contributed by atoms with Crippen molar-refractivity contribution < 1.29 is 19.3 Å². The normalized spacial score (nSPS) is 14.6. The van der Waals surface area contributed by atoms with Gasteiger partial charge in [0.1, 0.15) is 11.5 Å². The van der Waals surface area contributed by atoms with Gasteiger partial charge in [0.05, 0.1) is 13.2 Å². The van der Waals surface area contributed by atoms with Crippen molar-refractivity contribution in [2.24, 2.45) is 0 Å². The van der Waals surface area contributed by atoms with Crippen molar-refractivity contribution in [2.45, 2.75) is 53.2 Å². The Balaban J connectivity index is 1.89. The third kappa shape index (κ3) is 8.70. The molecule has 0 saturated carbocycles. The summed E-state index contributed by atoms with van der Waals surface area (Å²) in [6.45, 7) is 11.6. The Bertz CT molecular complexity index is 1200. The third-order valence-corrected chi connectivity index (χ3v) is 14.8. The largest absolute Gasteiger partial charge is 0.453 e. The van der Waals surface area contributed by atoms with Gasteiger partial charge in [-0.3, -0.25) is 0 Å². The van der Waals surface area contributed by atoms with E-state index in [0.717, 1.165) is 48.4 Å². The summed E-state index contributed by atoms with van der Waals surface area (Å²) >= 11 is 12.5. The SMILES string of the molecule is CCN(CC)P(=S)(Cc1ccc(CO)cc1)Oc1cccc(OP(=S)(Cc2ccc(CO)cc2)N(CC)CC)c1. The van der Waals surface area contributed by atoms with Gasteiger partial charge in [-0.2, -0.15) is 0 Å². The fourth-order valence-electron chi connectivity index (χ4n) is 4.57. The molecule has 2 atom stereocenters. The van der Waals surface area contributed by atoms with Gasteiger partial charge in [-0.15, -0.1) is 0 Å². The first kappa shape index (κ1) is 32.9. The van der Waals surface area contributed by atoms with Crippen LogP contribution in [0.2, 0.25) is 0 Å². The number of hydrogen-bond acceptors (Lipinski definition) is 6. The van der Waals surface area contributed by atoms with E-state index in [9.17, 15) is 10.2 Å². The van der Waals surface area contributed by atoms with Gasteiger partial charge in [-0.1, -0.05) is 82.3 Å². The first-order chi connectivity index (χ1) is 19.2. The Morgan fingerprint density at radius 3 is 1.20 bits per heavy atom. The lowest BCUT2D eigenvalue weighted by atomic mass is 10.2. The van der Waals surface area contributed by atoms with Crippen molar-refractivity contribution in [3.05, 3.63) is 95.1 Å². The minimum absolute atomic E-state index is 0.0161. The van der Waals surface area contributed by atoms with Crippen LogP contribution in [0.1, 0.15) is 49.9 Å². The molecule has 218 valence electrons. The molecule has 6 nitrogen and oxygen atoms in total. The highest BCUT2D eigenvalue weighted by Gasteiger charge is 2.29. The molecule has 0 amide bonds. The second-order valence-electron chi connectivity index (χ2n) is 9.48. The second kappa shape index (κ2) is 15.6.